The van der Waals surface area contributed by atoms with E-state index in [4.69, 9.17) is 4.98 Å². The topological polar surface area (TPSA) is 54.4 Å². The highest BCUT2D eigenvalue weighted by molar-refractivity contribution is 8.02. The number of nitrogens with zero attached hydrogens (tertiary/aromatic N) is 2. The second-order valence-corrected chi connectivity index (χ2v) is 11.2. The molecule has 4 nitrogen and oxygen atoms in total. The third-order valence-electron chi connectivity index (χ3n) is 7.04. The number of aromatic nitrogens is 1. The fourth-order valence-corrected chi connectivity index (χ4v) is 5.85. The first-order chi connectivity index (χ1) is 17.9. The van der Waals surface area contributed by atoms with Gasteiger partial charge in [-0.05, 0) is 86.9 Å². The summed E-state index contributed by atoms with van der Waals surface area (Å²) in [4.78, 5) is 22.2. The number of rotatable bonds is 7. The van der Waals surface area contributed by atoms with Gasteiger partial charge in [0.2, 0.25) is 0 Å². The first kappa shape index (κ1) is 28.7. The fourth-order valence-electron chi connectivity index (χ4n) is 4.95. The summed E-state index contributed by atoms with van der Waals surface area (Å²) in [6.45, 7) is 9.84. The number of carbonyl (C=O) groups excluding carboxylic acids is 1. The van der Waals surface area contributed by atoms with E-state index in [2.05, 4.69) is 79.0 Å². The van der Waals surface area contributed by atoms with Gasteiger partial charge in [-0.1, -0.05) is 56.1 Å². The van der Waals surface area contributed by atoms with Crippen LogP contribution in [0.5, 0.6) is 0 Å². The molecule has 37 heavy (non-hydrogen) atoms. The number of thioether (sulfide) groups is 1. The van der Waals surface area contributed by atoms with E-state index < -0.39 is 0 Å². The average Bonchev–Trinajstić information content (AvgIpc) is 3.35. The molecule has 1 amide bonds. The number of pyridine rings is 1. The zero-order valence-electron chi connectivity index (χ0n) is 22.6. The maximum atomic E-state index is 13.1. The summed E-state index contributed by atoms with van der Waals surface area (Å²) >= 11 is 1.81. The zero-order valence-corrected chi connectivity index (χ0v) is 23.4. The van der Waals surface area contributed by atoms with Crippen LogP contribution in [-0.4, -0.2) is 29.4 Å². The van der Waals surface area contributed by atoms with Crippen LogP contribution < -0.4 is 15.9 Å². The molecule has 1 aromatic rings. The molecule has 1 N–H and O–H groups in total. The van der Waals surface area contributed by atoms with Gasteiger partial charge in [-0.2, -0.15) is 0 Å². The van der Waals surface area contributed by atoms with Crippen LogP contribution in [0, 0.1) is 24.2 Å². The number of nitrogens with one attached hydrogen (secondary N) is 1. The van der Waals surface area contributed by atoms with Gasteiger partial charge in [-0.15, -0.1) is 24.1 Å². The van der Waals surface area contributed by atoms with E-state index in [0.29, 0.717) is 17.5 Å². The van der Waals surface area contributed by atoms with Crippen molar-refractivity contribution in [3.05, 3.63) is 62.8 Å². The van der Waals surface area contributed by atoms with E-state index in [1.54, 1.807) is 6.92 Å². The van der Waals surface area contributed by atoms with E-state index >= 15 is 0 Å². The number of fused-ring (bicyclic) bond motifs is 1. The molecule has 1 aromatic heterocycles. The Morgan fingerprint density at radius 2 is 2.00 bits per heavy atom. The molecule has 0 radical (unpaired) electrons. The van der Waals surface area contributed by atoms with Gasteiger partial charge in [-0.25, -0.2) is 4.98 Å². The van der Waals surface area contributed by atoms with Crippen molar-refractivity contribution >= 4 is 36.5 Å². The molecule has 0 aromatic carbocycles. The predicted molar refractivity (Wildman–Crippen MR) is 160 cm³/mol. The van der Waals surface area contributed by atoms with Gasteiger partial charge < -0.3 is 5.32 Å². The average molecular weight is 516 g/mol. The summed E-state index contributed by atoms with van der Waals surface area (Å²) in [6.07, 6.45) is 24.2. The minimum Gasteiger partial charge on any atom is -0.348 e. The third-order valence-corrected chi connectivity index (χ3v) is 7.94. The Morgan fingerprint density at radius 1 is 1.27 bits per heavy atom. The predicted octanol–water partition coefficient (Wildman–Crippen LogP) is 5.72. The number of hydrogen-bond acceptors (Lipinski definition) is 4. The summed E-state index contributed by atoms with van der Waals surface area (Å²) in [5, 5.41) is 7.53. The maximum absolute atomic E-state index is 13.1. The van der Waals surface area contributed by atoms with Gasteiger partial charge in [-0.3, -0.25) is 9.79 Å². The van der Waals surface area contributed by atoms with E-state index in [9.17, 15) is 4.79 Å². The number of terminal acetylenes is 1. The molecule has 5 heteroatoms. The number of carbonyl (C=O) groups is 1. The highest BCUT2D eigenvalue weighted by Gasteiger charge is 2.19. The normalized spacial score (nSPS) is 21.8. The van der Waals surface area contributed by atoms with E-state index in [0.717, 1.165) is 48.9 Å². The lowest BCUT2D eigenvalue weighted by Gasteiger charge is -2.22. The monoisotopic (exact) mass is 515 g/mol. The summed E-state index contributed by atoms with van der Waals surface area (Å²) in [5.41, 5.74) is 3.96. The highest BCUT2D eigenvalue weighted by Crippen LogP contribution is 2.27. The second-order valence-electron chi connectivity index (χ2n) is 10.3. The van der Waals surface area contributed by atoms with Crippen molar-refractivity contribution in [2.45, 2.75) is 78.2 Å². The lowest BCUT2D eigenvalue weighted by atomic mass is 9.95. The zero-order chi connectivity index (χ0) is 26.6. The van der Waals surface area contributed by atoms with Crippen molar-refractivity contribution < 1.29 is 4.79 Å². The fraction of sp³-hybridized carbons (Fsp3) is 0.469. The highest BCUT2D eigenvalue weighted by atomic mass is 32.2. The Balaban J connectivity index is 0.00000121. The van der Waals surface area contributed by atoms with Crippen LogP contribution >= 0.6 is 11.8 Å². The van der Waals surface area contributed by atoms with Gasteiger partial charge in [0.25, 0.3) is 5.91 Å². The van der Waals surface area contributed by atoms with Crippen LogP contribution in [0.4, 0.5) is 0 Å². The Morgan fingerprint density at radius 3 is 2.68 bits per heavy atom. The quantitative estimate of drug-likeness (QED) is 0.287. The van der Waals surface area contributed by atoms with Gasteiger partial charge in [0, 0.05) is 23.4 Å². The summed E-state index contributed by atoms with van der Waals surface area (Å²) < 4.78 is 0. The minimum absolute atomic E-state index is 0.0353. The van der Waals surface area contributed by atoms with E-state index in [1.807, 2.05) is 17.8 Å². The molecule has 0 saturated heterocycles. The first-order valence-electron chi connectivity index (χ1n) is 13.5. The second kappa shape index (κ2) is 14.8. The van der Waals surface area contributed by atoms with Crippen LogP contribution in [0.1, 0.15) is 81.8 Å². The van der Waals surface area contributed by atoms with Crippen LogP contribution in [0.3, 0.4) is 0 Å². The third kappa shape index (κ3) is 8.61. The molecule has 1 fully saturated rings. The van der Waals surface area contributed by atoms with Crippen molar-refractivity contribution in [2.24, 2.45) is 16.8 Å². The molecule has 0 spiro atoms. The molecular weight excluding hydrogens is 474 g/mol. The molecule has 196 valence electrons. The molecule has 1 aliphatic heterocycles. The number of aliphatic imine (C=N–C) groups is 1. The van der Waals surface area contributed by atoms with E-state index in [-0.39, 0.29) is 11.9 Å². The van der Waals surface area contributed by atoms with Crippen LogP contribution in [-0.2, 0) is 6.42 Å². The molecule has 0 bridgehead atoms. The SMILES string of the molecule is C#CC.C=N/C(=C\C=C(/C)Cc1cc(C(=O)NC2CCCCC2)nc2c1=CCC(C)CC=2)C1C=CSC1. The summed E-state index contributed by atoms with van der Waals surface area (Å²) in [5.74, 6) is 4.16. The standard InChI is InChI=1S/C29H37N3OS.C3H4/c1-20-9-12-25-23(17-21(2)11-13-26(30-3)22-15-16-34-19-22)18-28(32-27(25)14-10-20)29(33)31-24-7-5-4-6-8-24;1-3-2/h11-16,18,20,22,24H,3-10,17,19H2,1-2H3,(H,31,33);1H,2H3/b21-11+,26-13-;. The van der Waals surface area contributed by atoms with Crippen LogP contribution in [0.25, 0.3) is 12.2 Å². The lowest BCUT2D eigenvalue weighted by molar-refractivity contribution is 0.0922. The van der Waals surface area contributed by atoms with Crippen molar-refractivity contribution in [1.29, 1.82) is 0 Å². The van der Waals surface area contributed by atoms with Gasteiger partial charge >= 0.3 is 0 Å². The molecule has 2 heterocycles. The minimum atomic E-state index is -0.0353. The van der Waals surface area contributed by atoms with Crippen molar-refractivity contribution in [1.82, 2.24) is 10.3 Å². The first-order valence-corrected chi connectivity index (χ1v) is 14.5. The molecule has 3 aliphatic rings. The Hall–Kier alpha value is -2.84. The van der Waals surface area contributed by atoms with Gasteiger partial charge in [0.1, 0.15) is 5.69 Å². The van der Waals surface area contributed by atoms with Crippen molar-refractivity contribution in [2.75, 3.05) is 5.75 Å². The van der Waals surface area contributed by atoms with Gasteiger partial charge in [0.15, 0.2) is 0 Å². The Labute approximate surface area is 227 Å². The number of allylic oxidation sites excluding steroid dienone is 4. The molecule has 2 unspecified atom stereocenters. The van der Waals surface area contributed by atoms with Gasteiger partial charge in [0.05, 0.1) is 5.35 Å². The molecule has 4 rings (SSSR count). The Kier molecular flexibility index (Phi) is 11.5. The number of amides is 1. The largest absolute Gasteiger partial charge is 0.348 e. The molecule has 2 atom stereocenters. The van der Waals surface area contributed by atoms with E-state index in [1.165, 1.54) is 35.6 Å². The van der Waals surface area contributed by atoms with Crippen molar-refractivity contribution in [3.63, 3.8) is 0 Å². The van der Waals surface area contributed by atoms with Crippen LogP contribution in [0.15, 0.2) is 46.0 Å². The summed E-state index contributed by atoms with van der Waals surface area (Å²) in [6, 6.07) is 2.29. The Bertz CT molecular complexity index is 1210. The molecular formula is C32H41N3OS. The lowest BCUT2D eigenvalue weighted by Crippen LogP contribution is -2.40. The van der Waals surface area contributed by atoms with Crippen molar-refractivity contribution in [3.8, 4) is 12.3 Å². The summed E-state index contributed by atoms with van der Waals surface area (Å²) in [7, 11) is 0. The molecule has 2 aliphatic carbocycles. The number of hydrogen-bond donors (Lipinski definition) is 1. The smallest absolute Gasteiger partial charge is 0.270 e. The maximum Gasteiger partial charge on any atom is 0.270 e. The van der Waals surface area contributed by atoms with Crippen LogP contribution in [0.2, 0.25) is 0 Å². The molecule has 1 saturated carbocycles.